The fraction of sp³-hybridized carbons (Fsp3) is 1.00. The van der Waals surface area contributed by atoms with Crippen LogP contribution < -0.4 is 0 Å². The zero-order valence-electron chi connectivity index (χ0n) is 6.39. The zero-order valence-corrected chi connectivity index (χ0v) is 7.28. The second kappa shape index (κ2) is 2.17. The van der Waals surface area contributed by atoms with Crippen molar-refractivity contribution in [2.45, 2.75) is 19.9 Å². The summed E-state index contributed by atoms with van der Waals surface area (Å²) >= 11 is 4.28. The van der Waals surface area contributed by atoms with Gasteiger partial charge in [-0.3, -0.25) is 0 Å². The maximum atomic E-state index is 4.28. The molecule has 1 heterocycles. The van der Waals surface area contributed by atoms with E-state index in [2.05, 4.69) is 38.4 Å². The molecule has 2 heteroatoms. The summed E-state index contributed by atoms with van der Waals surface area (Å²) in [4.78, 5) is 2.35. The molecule has 0 spiro atoms. The summed E-state index contributed by atoms with van der Waals surface area (Å²) < 4.78 is 0. The van der Waals surface area contributed by atoms with Crippen LogP contribution in [0.1, 0.15) is 13.8 Å². The Bertz CT molecular complexity index is 111. The smallest absolute Gasteiger partial charge is 0.0244 e. The van der Waals surface area contributed by atoms with Crippen molar-refractivity contribution in [2.24, 2.45) is 5.41 Å². The van der Waals surface area contributed by atoms with Crippen molar-refractivity contribution in [3.05, 3.63) is 0 Å². The summed E-state index contributed by atoms with van der Waals surface area (Å²) in [6, 6.07) is 0.695. The second-order valence-electron chi connectivity index (χ2n) is 3.60. The van der Waals surface area contributed by atoms with E-state index in [-0.39, 0.29) is 0 Å². The molecule has 1 nitrogen and oxygen atoms in total. The Morgan fingerprint density at radius 1 is 1.67 bits per heavy atom. The van der Waals surface area contributed by atoms with E-state index in [9.17, 15) is 0 Å². The molecular weight excluding hydrogens is 130 g/mol. The molecule has 0 amide bonds. The average molecular weight is 145 g/mol. The molecule has 0 bridgehead atoms. The predicted octanol–water partition coefficient (Wildman–Crippen LogP) is 1.26. The van der Waals surface area contributed by atoms with E-state index >= 15 is 0 Å². The first-order chi connectivity index (χ1) is 4.08. The highest BCUT2D eigenvalue weighted by atomic mass is 32.1. The van der Waals surface area contributed by atoms with Crippen LogP contribution in [0.25, 0.3) is 0 Å². The predicted molar refractivity (Wildman–Crippen MR) is 44.1 cm³/mol. The Hall–Kier alpha value is 0.310. The zero-order chi connectivity index (χ0) is 7.07. The minimum Gasteiger partial charge on any atom is -0.301 e. The van der Waals surface area contributed by atoms with E-state index in [4.69, 9.17) is 0 Å². The maximum absolute atomic E-state index is 4.28. The summed E-state index contributed by atoms with van der Waals surface area (Å²) in [6.45, 7) is 5.82. The minimum atomic E-state index is 0.510. The lowest BCUT2D eigenvalue weighted by Crippen LogP contribution is -2.60. The summed E-state index contributed by atoms with van der Waals surface area (Å²) in [5.41, 5.74) is 0.510. The average Bonchev–Trinajstić information content (AvgIpc) is 1.63. The molecule has 0 N–H and O–H groups in total. The van der Waals surface area contributed by atoms with E-state index in [1.54, 1.807) is 0 Å². The topological polar surface area (TPSA) is 3.24 Å². The van der Waals surface area contributed by atoms with Crippen molar-refractivity contribution in [1.82, 2.24) is 4.90 Å². The highest BCUT2D eigenvalue weighted by Crippen LogP contribution is 2.35. The first-order valence-electron chi connectivity index (χ1n) is 3.39. The molecule has 1 atom stereocenters. The Balaban J connectivity index is 2.48. The SMILES string of the molecule is CN1CC(C)(C)C1CS. The molecule has 0 radical (unpaired) electrons. The first kappa shape index (κ1) is 7.42. The molecule has 1 saturated heterocycles. The number of likely N-dealkylation sites (tertiary alicyclic amines) is 1. The largest absolute Gasteiger partial charge is 0.301 e. The van der Waals surface area contributed by atoms with Gasteiger partial charge in [0.1, 0.15) is 0 Å². The molecule has 1 unspecified atom stereocenters. The van der Waals surface area contributed by atoms with Crippen LogP contribution in [-0.2, 0) is 0 Å². The fourth-order valence-electron chi connectivity index (χ4n) is 1.73. The Morgan fingerprint density at radius 3 is 2.33 bits per heavy atom. The number of hydrogen-bond donors (Lipinski definition) is 1. The van der Waals surface area contributed by atoms with E-state index in [0.29, 0.717) is 11.5 Å². The third kappa shape index (κ3) is 1.10. The van der Waals surface area contributed by atoms with E-state index in [0.717, 1.165) is 5.75 Å². The van der Waals surface area contributed by atoms with E-state index in [1.807, 2.05) is 0 Å². The van der Waals surface area contributed by atoms with Crippen LogP contribution in [0.5, 0.6) is 0 Å². The molecule has 1 aliphatic heterocycles. The Kier molecular flexibility index (Phi) is 1.79. The molecule has 0 aromatic carbocycles. The summed E-state index contributed by atoms with van der Waals surface area (Å²) in [7, 11) is 2.16. The Labute approximate surface area is 62.8 Å². The lowest BCUT2D eigenvalue weighted by Gasteiger charge is -2.52. The van der Waals surface area contributed by atoms with Gasteiger partial charge in [-0.15, -0.1) is 0 Å². The van der Waals surface area contributed by atoms with Gasteiger partial charge in [-0.25, -0.2) is 0 Å². The van der Waals surface area contributed by atoms with Gasteiger partial charge in [0, 0.05) is 18.3 Å². The van der Waals surface area contributed by atoms with Gasteiger partial charge >= 0.3 is 0 Å². The second-order valence-corrected chi connectivity index (χ2v) is 3.97. The standard InChI is InChI=1S/C7H15NS/c1-7(2)5-8(3)6(7)4-9/h6,9H,4-5H2,1-3H3. The molecule has 54 valence electrons. The van der Waals surface area contributed by atoms with E-state index in [1.165, 1.54) is 6.54 Å². The summed E-state index contributed by atoms with van der Waals surface area (Å²) in [5, 5.41) is 0. The molecule has 9 heavy (non-hydrogen) atoms. The van der Waals surface area contributed by atoms with Crippen molar-refractivity contribution >= 4 is 12.6 Å². The number of thiol groups is 1. The van der Waals surface area contributed by atoms with Crippen LogP contribution in [0.15, 0.2) is 0 Å². The number of rotatable bonds is 1. The molecule has 1 rings (SSSR count). The van der Waals surface area contributed by atoms with Crippen molar-refractivity contribution < 1.29 is 0 Å². The van der Waals surface area contributed by atoms with Gasteiger partial charge in [0.25, 0.3) is 0 Å². The van der Waals surface area contributed by atoms with Crippen molar-refractivity contribution in [2.75, 3.05) is 19.3 Å². The lowest BCUT2D eigenvalue weighted by atomic mass is 9.76. The molecule has 0 aromatic heterocycles. The quantitative estimate of drug-likeness (QED) is 0.544. The molecular formula is C7H15NS. The normalized spacial score (nSPS) is 34.0. The monoisotopic (exact) mass is 145 g/mol. The van der Waals surface area contributed by atoms with Crippen molar-refractivity contribution in [3.63, 3.8) is 0 Å². The summed E-state index contributed by atoms with van der Waals surface area (Å²) in [6.07, 6.45) is 0. The van der Waals surface area contributed by atoms with Crippen molar-refractivity contribution in [1.29, 1.82) is 0 Å². The molecule has 1 fully saturated rings. The van der Waals surface area contributed by atoms with E-state index < -0.39 is 0 Å². The van der Waals surface area contributed by atoms with Gasteiger partial charge in [-0.05, 0) is 12.5 Å². The maximum Gasteiger partial charge on any atom is 0.0244 e. The first-order valence-corrected chi connectivity index (χ1v) is 4.02. The van der Waals surface area contributed by atoms with Crippen LogP contribution in [0.3, 0.4) is 0 Å². The van der Waals surface area contributed by atoms with Gasteiger partial charge in [0.05, 0.1) is 0 Å². The van der Waals surface area contributed by atoms with Crippen LogP contribution in [0.2, 0.25) is 0 Å². The molecule has 0 aromatic rings. The van der Waals surface area contributed by atoms with Gasteiger partial charge in [0.2, 0.25) is 0 Å². The van der Waals surface area contributed by atoms with Crippen molar-refractivity contribution in [3.8, 4) is 0 Å². The Morgan fingerprint density at radius 2 is 2.22 bits per heavy atom. The van der Waals surface area contributed by atoms with Gasteiger partial charge in [0.15, 0.2) is 0 Å². The highest BCUT2D eigenvalue weighted by molar-refractivity contribution is 7.80. The number of hydrogen-bond acceptors (Lipinski definition) is 2. The van der Waals surface area contributed by atoms with Crippen LogP contribution in [0.4, 0.5) is 0 Å². The van der Waals surface area contributed by atoms with Gasteiger partial charge < -0.3 is 4.90 Å². The highest BCUT2D eigenvalue weighted by Gasteiger charge is 2.41. The van der Waals surface area contributed by atoms with Gasteiger partial charge in [-0.2, -0.15) is 12.6 Å². The van der Waals surface area contributed by atoms with Gasteiger partial charge in [-0.1, -0.05) is 13.8 Å². The minimum absolute atomic E-state index is 0.510. The van der Waals surface area contributed by atoms with Crippen LogP contribution in [-0.4, -0.2) is 30.3 Å². The fourth-order valence-corrected chi connectivity index (χ4v) is 2.50. The summed E-state index contributed by atoms with van der Waals surface area (Å²) in [5.74, 6) is 0.990. The molecule has 1 aliphatic rings. The third-order valence-corrected chi connectivity index (χ3v) is 2.61. The van der Waals surface area contributed by atoms with Crippen LogP contribution in [0, 0.1) is 5.41 Å². The third-order valence-electron chi connectivity index (χ3n) is 2.26. The lowest BCUT2D eigenvalue weighted by molar-refractivity contribution is -0.0128. The van der Waals surface area contributed by atoms with Crippen LogP contribution >= 0.6 is 12.6 Å². The molecule has 0 saturated carbocycles. The number of nitrogens with zero attached hydrogens (tertiary/aromatic N) is 1. The molecule has 0 aliphatic carbocycles.